The van der Waals surface area contributed by atoms with Gasteiger partial charge in [-0.1, -0.05) is 29.8 Å². The van der Waals surface area contributed by atoms with Gasteiger partial charge in [0, 0.05) is 6.04 Å². The Bertz CT molecular complexity index is 379. The second kappa shape index (κ2) is 6.30. The number of benzene rings is 1. The van der Waals surface area contributed by atoms with Crippen LogP contribution in [0.3, 0.4) is 0 Å². The highest BCUT2D eigenvalue weighted by Gasteiger charge is 2.05. The SMILES string of the molecule is C=CC(C)NCC(=O)Nc1ccccc1Cl. The first-order valence-electron chi connectivity index (χ1n) is 5.04. The van der Waals surface area contributed by atoms with Crippen molar-refractivity contribution >= 4 is 23.2 Å². The van der Waals surface area contributed by atoms with Gasteiger partial charge in [0.15, 0.2) is 0 Å². The summed E-state index contributed by atoms with van der Waals surface area (Å²) in [4.78, 5) is 11.5. The topological polar surface area (TPSA) is 41.1 Å². The van der Waals surface area contributed by atoms with Crippen molar-refractivity contribution in [3.05, 3.63) is 41.9 Å². The third-order valence-electron chi connectivity index (χ3n) is 2.09. The van der Waals surface area contributed by atoms with Crippen LogP contribution >= 0.6 is 11.6 Å². The normalized spacial score (nSPS) is 11.9. The van der Waals surface area contributed by atoms with Crippen LogP contribution in [-0.4, -0.2) is 18.5 Å². The predicted molar refractivity (Wildman–Crippen MR) is 67.7 cm³/mol. The molecule has 0 radical (unpaired) electrons. The Labute approximate surface area is 100 Å². The number of rotatable bonds is 5. The Hall–Kier alpha value is -1.32. The van der Waals surface area contributed by atoms with Crippen LogP contribution in [0.15, 0.2) is 36.9 Å². The zero-order chi connectivity index (χ0) is 12.0. The third kappa shape index (κ3) is 4.04. The molecule has 0 aliphatic heterocycles. The lowest BCUT2D eigenvalue weighted by atomic mass is 10.3. The van der Waals surface area contributed by atoms with Crippen LogP contribution in [0.4, 0.5) is 5.69 Å². The molecule has 1 atom stereocenters. The predicted octanol–water partition coefficient (Wildman–Crippen LogP) is 2.44. The molecule has 1 amide bonds. The fraction of sp³-hybridized carbons (Fsp3) is 0.250. The van der Waals surface area contributed by atoms with E-state index in [9.17, 15) is 4.79 Å². The van der Waals surface area contributed by atoms with E-state index in [1.807, 2.05) is 19.1 Å². The van der Waals surface area contributed by atoms with E-state index in [0.29, 0.717) is 10.7 Å². The highest BCUT2D eigenvalue weighted by atomic mass is 35.5. The Morgan fingerprint density at radius 1 is 1.56 bits per heavy atom. The number of para-hydroxylation sites is 1. The summed E-state index contributed by atoms with van der Waals surface area (Å²) in [6, 6.07) is 7.24. The van der Waals surface area contributed by atoms with Gasteiger partial charge in [-0.15, -0.1) is 6.58 Å². The van der Waals surface area contributed by atoms with E-state index in [4.69, 9.17) is 11.6 Å². The van der Waals surface area contributed by atoms with Crippen molar-refractivity contribution in [3.8, 4) is 0 Å². The van der Waals surface area contributed by atoms with Gasteiger partial charge in [-0.05, 0) is 19.1 Å². The molecule has 1 unspecified atom stereocenters. The van der Waals surface area contributed by atoms with E-state index in [0.717, 1.165) is 0 Å². The molecule has 0 aliphatic rings. The molecule has 0 aliphatic carbocycles. The molecule has 0 heterocycles. The molecule has 0 aromatic heterocycles. The van der Waals surface area contributed by atoms with Gasteiger partial charge in [-0.2, -0.15) is 0 Å². The van der Waals surface area contributed by atoms with Gasteiger partial charge in [0.2, 0.25) is 5.91 Å². The summed E-state index contributed by atoms with van der Waals surface area (Å²) in [6.07, 6.45) is 1.74. The number of carbonyl (C=O) groups excluding carboxylic acids is 1. The second-order valence-electron chi connectivity index (χ2n) is 3.43. The number of anilines is 1. The molecular weight excluding hydrogens is 224 g/mol. The molecule has 0 spiro atoms. The number of nitrogens with one attached hydrogen (secondary N) is 2. The summed E-state index contributed by atoms with van der Waals surface area (Å²) in [6.45, 7) is 5.78. The van der Waals surface area contributed by atoms with Crippen molar-refractivity contribution in [2.75, 3.05) is 11.9 Å². The number of halogens is 1. The van der Waals surface area contributed by atoms with Gasteiger partial charge in [-0.25, -0.2) is 0 Å². The Morgan fingerprint density at radius 3 is 2.88 bits per heavy atom. The van der Waals surface area contributed by atoms with E-state index >= 15 is 0 Å². The lowest BCUT2D eigenvalue weighted by Crippen LogP contribution is -2.33. The quantitative estimate of drug-likeness (QED) is 0.774. The maximum absolute atomic E-state index is 11.5. The second-order valence-corrected chi connectivity index (χ2v) is 3.84. The standard InChI is InChI=1S/C12H15ClN2O/c1-3-9(2)14-8-12(16)15-11-7-5-4-6-10(11)13/h3-7,9,14H,1,8H2,2H3,(H,15,16). The van der Waals surface area contributed by atoms with Gasteiger partial charge >= 0.3 is 0 Å². The van der Waals surface area contributed by atoms with Gasteiger partial charge in [0.05, 0.1) is 17.3 Å². The first-order chi connectivity index (χ1) is 7.63. The molecule has 86 valence electrons. The van der Waals surface area contributed by atoms with Crippen molar-refractivity contribution in [2.45, 2.75) is 13.0 Å². The minimum atomic E-state index is -0.123. The Balaban J connectivity index is 2.46. The molecule has 1 aromatic carbocycles. The maximum Gasteiger partial charge on any atom is 0.238 e. The van der Waals surface area contributed by atoms with E-state index in [2.05, 4.69) is 17.2 Å². The molecule has 0 saturated heterocycles. The highest BCUT2D eigenvalue weighted by molar-refractivity contribution is 6.33. The van der Waals surface area contributed by atoms with Crippen LogP contribution in [0.25, 0.3) is 0 Å². The third-order valence-corrected chi connectivity index (χ3v) is 2.42. The Kier molecular flexibility index (Phi) is 5.02. The Morgan fingerprint density at radius 2 is 2.25 bits per heavy atom. The van der Waals surface area contributed by atoms with Crippen LogP contribution < -0.4 is 10.6 Å². The summed E-state index contributed by atoms with van der Waals surface area (Å²) in [7, 11) is 0. The minimum Gasteiger partial charge on any atom is -0.324 e. The molecule has 4 heteroatoms. The number of hydrogen-bond donors (Lipinski definition) is 2. The average Bonchev–Trinajstić information content (AvgIpc) is 2.29. The van der Waals surface area contributed by atoms with Crippen LogP contribution in [-0.2, 0) is 4.79 Å². The molecule has 3 nitrogen and oxygen atoms in total. The number of amides is 1. The molecule has 2 N–H and O–H groups in total. The van der Waals surface area contributed by atoms with Crippen molar-refractivity contribution in [2.24, 2.45) is 0 Å². The monoisotopic (exact) mass is 238 g/mol. The molecule has 0 saturated carbocycles. The largest absolute Gasteiger partial charge is 0.324 e. The molecular formula is C12H15ClN2O. The lowest BCUT2D eigenvalue weighted by molar-refractivity contribution is -0.115. The van der Waals surface area contributed by atoms with E-state index in [1.54, 1.807) is 18.2 Å². The summed E-state index contributed by atoms with van der Waals surface area (Å²) in [5, 5.41) is 6.26. The van der Waals surface area contributed by atoms with Crippen LogP contribution in [0.1, 0.15) is 6.92 Å². The van der Waals surface area contributed by atoms with E-state index in [-0.39, 0.29) is 18.5 Å². The van der Waals surface area contributed by atoms with Crippen LogP contribution in [0, 0.1) is 0 Å². The first kappa shape index (κ1) is 12.7. The molecule has 1 rings (SSSR count). The average molecular weight is 239 g/mol. The smallest absolute Gasteiger partial charge is 0.238 e. The molecule has 0 fully saturated rings. The van der Waals surface area contributed by atoms with Crippen molar-refractivity contribution in [1.82, 2.24) is 5.32 Å². The minimum absolute atomic E-state index is 0.108. The summed E-state index contributed by atoms with van der Waals surface area (Å²) < 4.78 is 0. The van der Waals surface area contributed by atoms with Crippen molar-refractivity contribution in [1.29, 1.82) is 0 Å². The van der Waals surface area contributed by atoms with Gasteiger partial charge in [0.25, 0.3) is 0 Å². The molecule has 0 bridgehead atoms. The van der Waals surface area contributed by atoms with Crippen LogP contribution in [0.5, 0.6) is 0 Å². The maximum atomic E-state index is 11.5. The zero-order valence-electron chi connectivity index (χ0n) is 9.16. The molecule has 1 aromatic rings. The van der Waals surface area contributed by atoms with E-state index in [1.165, 1.54) is 0 Å². The summed E-state index contributed by atoms with van der Waals surface area (Å²) >= 11 is 5.91. The molecule has 16 heavy (non-hydrogen) atoms. The lowest BCUT2D eigenvalue weighted by Gasteiger charge is -2.10. The van der Waals surface area contributed by atoms with Crippen molar-refractivity contribution in [3.63, 3.8) is 0 Å². The first-order valence-corrected chi connectivity index (χ1v) is 5.41. The van der Waals surface area contributed by atoms with Crippen molar-refractivity contribution < 1.29 is 4.79 Å². The van der Waals surface area contributed by atoms with Gasteiger partial charge < -0.3 is 10.6 Å². The number of hydrogen-bond acceptors (Lipinski definition) is 2. The fourth-order valence-electron chi connectivity index (χ4n) is 1.09. The highest BCUT2D eigenvalue weighted by Crippen LogP contribution is 2.19. The number of carbonyl (C=O) groups is 1. The van der Waals surface area contributed by atoms with Gasteiger partial charge in [-0.3, -0.25) is 4.79 Å². The van der Waals surface area contributed by atoms with Gasteiger partial charge in [0.1, 0.15) is 0 Å². The van der Waals surface area contributed by atoms with Crippen LogP contribution in [0.2, 0.25) is 5.02 Å². The van der Waals surface area contributed by atoms with E-state index < -0.39 is 0 Å². The fourth-order valence-corrected chi connectivity index (χ4v) is 1.28. The summed E-state index contributed by atoms with van der Waals surface area (Å²) in [5.74, 6) is -0.123. The zero-order valence-corrected chi connectivity index (χ0v) is 9.92. The summed E-state index contributed by atoms with van der Waals surface area (Å²) in [5.41, 5.74) is 0.627.